The number of allylic oxidation sites excluding steroid dienone is 3. The average molecular weight is 224 g/mol. The Morgan fingerprint density at radius 1 is 1.38 bits per heavy atom. The van der Waals surface area contributed by atoms with E-state index in [1.54, 1.807) is 24.3 Å². The van der Waals surface area contributed by atoms with E-state index in [2.05, 4.69) is 13.5 Å². The van der Waals surface area contributed by atoms with Gasteiger partial charge in [0.25, 0.3) is 0 Å². The zero-order valence-corrected chi connectivity index (χ0v) is 11.0. The molecule has 0 aromatic carbocycles. The highest BCUT2D eigenvalue weighted by Crippen LogP contribution is 2.02. The Labute approximate surface area is 99.7 Å². The van der Waals surface area contributed by atoms with Gasteiger partial charge in [0.1, 0.15) is 0 Å². The fraction of sp³-hybridized carbons (Fsp3) is 0.500. The molecule has 0 aromatic heterocycles. The lowest BCUT2D eigenvalue weighted by Crippen LogP contribution is -2.07. The van der Waals surface area contributed by atoms with E-state index in [0.29, 0.717) is 12.2 Å². The minimum absolute atomic E-state index is 0.281. The second kappa shape index (κ2) is 13.7. The Bertz CT molecular complexity index is 237. The Kier molecular flexibility index (Phi) is 14.6. The van der Waals surface area contributed by atoms with E-state index < -0.39 is 0 Å². The zero-order chi connectivity index (χ0) is 12.8. The van der Waals surface area contributed by atoms with Gasteiger partial charge in [-0.1, -0.05) is 52.0 Å². The Balaban J connectivity index is 0. The maximum atomic E-state index is 11.4. The molecule has 0 rings (SSSR count). The molecule has 0 fully saturated rings. The van der Waals surface area contributed by atoms with Crippen LogP contribution in [0.5, 0.6) is 0 Å². The van der Waals surface area contributed by atoms with Crippen LogP contribution in [0.4, 0.5) is 0 Å². The van der Waals surface area contributed by atoms with Crippen molar-refractivity contribution in [3.63, 3.8) is 0 Å². The zero-order valence-electron chi connectivity index (χ0n) is 11.0. The van der Waals surface area contributed by atoms with E-state index in [4.69, 9.17) is 4.74 Å². The van der Waals surface area contributed by atoms with E-state index >= 15 is 0 Å². The second-order valence-electron chi connectivity index (χ2n) is 2.85. The molecule has 0 atom stereocenters. The summed E-state index contributed by atoms with van der Waals surface area (Å²) in [5.74, 6) is -0.281. The summed E-state index contributed by atoms with van der Waals surface area (Å²) in [5.41, 5.74) is 0.540. The number of hydrogen-bond acceptors (Lipinski definition) is 2. The van der Waals surface area contributed by atoms with Crippen LogP contribution in [0.2, 0.25) is 0 Å². The summed E-state index contributed by atoms with van der Waals surface area (Å²) in [6.07, 6.45) is 8.68. The summed E-state index contributed by atoms with van der Waals surface area (Å²) in [6, 6.07) is 0. The van der Waals surface area contributed by atoms with Crippen molar-refractivity contribution >= 4 is 5.97 Å². The van der Waals surface area contributed by atoms with E-state index in [9.17, 15) is 4.79 Å². The fourth-order valence-electron chi connectivity index (χ4n) is 0.891. The number of esters is 1. The Morgan fingerprint density at radius 2 is 2.00 bits per heavy atom. The SMILES string of the molecule is C=C/C=C(\C=C/C)C(=O)OCCCC.CC. The highest BCUT2D eigenvalue weighted by molar-refractivity contribution is 5.91. The van der Waals surface area contributed by atoms with Crippen LogP contribution >= 0.6 is 0 Å². The minimum Gasteiger partial charge on any atom is -0.462 e. The maximum absolute atomic E-state index is 11.4. The molecule has 0 aliphatic heterocycles. The van der Waals surface area contributed by atoms with Crippen molar-refractivity contribution in [2.75, 3.05) is 6.61 Å². The molecule has 0 saturated heterocycles. The first kappa shape index (κ1) is 17.1. The van der Waals surface area contributed by atoms with Crippen molar-refractivity contribution in [3.05, 3.63) is 36.5 Å². The predicted molar refractivity (Wildman–Crippen MR) is 70.3 cm³/mol. The predicted octanol–water partition coefficient (Wildman–Crippen LogP) is 4.04. The van der Waals surface area contributed by atoms with Gasteiger partial charge in [-0.2, -0.15) is 0 Å². The molecule has 0 bridgehead atoms. The monoisotopic (exact) mass is 224 g/mol. The third-order valence-corrected chi connectivity index (χ3v) is 1.61. The minimum atomic E-state index is -0.281. The topological polar surface area (TPSA) is 26.3 Å². The molecular formula is C14H24O2. The molecule has 0 spiro atoms. The molecule has 0 aromatic rings. The normalized spacial score (nSPS) is 10.6. The number of unbranched alkanes of at least 4 members (excludes halogenated alkanes) is 1. The number of carbonyl (C=O) groups is 1. The summed E-state index contributed by atoms with van der Waals surface area (Å²) in [4.78, 5) is 11.4. The van der Waals surface area contributed by atoms with Gasteiger partial charge in [-0.05, 0) is 19.4 Å². The number of ether oxygens (including phenoxy) is 1. The van der Waals surface area contributed by atoms with E-state index in [1.807, 2.05) is 20.8 Å². The van der Waals surface area contributed by atoms with Crippen LogP contribution in [0.3, 0.4) is 0 Å². The molecule has 0 amide bonds. The molecule has 0 unspecified atom stereocenters. The van der Waals surface area contributed by atoms with Gasteiger partial charge >= 0.3 is 5.97 Å². The molecule has 0 aliphatic rings. The van der Waals surface area contributed by atoms with Gasteiger partial charge in [0.05, 0.1) is 12.2 Å². The van der Waals surface area contributed by atoms with Crippen molar-refractivity contribution in [1.29, 1.82) is 0 Å². The van der Waals surface area contributed by atoms with Gasteiger partial charge in [0.15, 0.2) is 0 Å². The van der Waals surface area contributed by atoms with Crippen LogP contribution in [0.1, 0.15) is 40.5 Å². The largest absolute Gasteiger partial charge is 0.462 e. The standard InChI is InChI=1S/C12H18O2.C2H6/c1-4-7-10-14-12(13)11(8-5-2)9-6-3;1-2/h5-6,8-9H,2,4,7,10H2,1,3H3;1-2H3/b9-6-,11-8+;. The first-order valence-electron chi connectivity index (χ1n) is 5.88. The van der Waals surface area contributed by atoms with Crippen molar-refractivity contribution in [2.45, 2.75) is 40.5 Å². The van der Waals surface area contributed by atoms with E-state index in [0.717, 1.165) is 12.8 Å². The summed E-state index contributed by atoms with van der Waals surface area (Å²) < 4.78 is 5.04. The van der Waals surface area contributed by atoms with Crippen molar-refractivity contribution in [2.24, 2.45) is 0 Å². The second-order valence-corrected chi connectivity index (χ2v) is 2.85. The first-order valence-corrected chi connectivity index (χ1v) is 5.88. The highest BCUT2D eigenvalue weighted by Gasteiger charge is 2.05. The van der Waals surface area contributed by atoms with Crippen molar-refractivity contribution < 1.29 is 9.53 Å². The lowest BCUT2D eigenvalue weighted by atomic mass is 10.2. The van der Waals surface area contributed by atoms with E-state index in [-0.39, 0.29) is 5.97 Å². The summed E-state index contributed by atoms with van der Waals surface area (Å²) >= 11 is 0. The molecule has 92 valence electrons. The summed E-state index contributed by atoms with van der Waals surface area (Å²) in [5, 5.41) is 0. The third-order valence-electron chi connectivity index (χ3n) is 1.61. The average Bonchev–Trinajstić information content (AvgIpc) is 2.31. The maximum Gasteiger partial charge on any atom is 0.338 e. The van der Waals surface area contributed by atoms with Gasteiger partial charge in [-0.25, -0.2) is 4.79 Å². The molecule has 0 N–H and O–H groups in total. The van der Waals surface area contributed by atoms with Crippen molar-refractivity contribution in [3.8, 4) is 0 Å². The molecule has 16 heavy (non-hydrogen) atoms. The smallest absolute Gasteiger partial charge is 0.338 e. The molecule has 2 nitrogen and oxygen atoms in total. The van der Waals surface area contributed by atoms with Crippen LogP contribution in [0.15, 0.2) is 36.5 Å². The number of hydrogen-bond donors (Lipinski definition) is 0. The van der Waals surface area contributed by atoms with Gasteiger partial charge in [0, 0.05) is 0 Å². The van der Waals surface area contributed by atoms with Gasteiger partial charge in [-0.15, -0.1) is 0 Å². The van der Waals surface area contributed by atoms with Crippen LogP contribution in [-0.4, -0.2) is 12.6 Å². The highest BCUT2D eigenvalue weighted by atomic mass is 16.5. The fourth-order valence-corrected chi connectivity index (χ4v) is 0.891. The summed E-state index contributed by atoms with van der Waals surface area (Å²) in [6.45, 7) is 11.9. The van der Waals surface area contributed by atoms with E-state index in [1.165, 1.54) is 0 Å². The van der Waals surface area contributed by atoms with Gasteiger partial charge < -0.3 is 4.74 Å². The van der Waals surface area contributed by atoms with Crippen molar-refractivity contribution in [1.82, 2.24) is 0 Å². The molecule has 2 heteroatoms. The Morgan fingerprint density at radius 3 is 2.44 bits per heavy atom. The van der Waals surface area contributed by atoms with Gasteiger partial charge in [0.2, 0.25) is 0 Å². The lowest BCUT2D eigenvalue weighted by Gasteiger charge is -2.03. The molecule has 0 heterocycles. The number of carbonyl (C=O) groups excluding carboxylic acids is 1. The quantitative estimate of drug-likeness (QED) is 0.294. The molecular weight excluding hydrogens is 200 g/mol. The number of rotatable bonds is 6. The Hall–Kier alpha value is -1.31. The first-order chi connectivity index (χ1) is 7.76. The van der Waals surface area contributed by atoms with Crippen LogP contribution in [-0.2, 0) is 9.53 Å². The molecule has 0 radical (unpaired) electrons. The third kappa shape index (κ3) is 9.25. The van der Waals surface area contributed by atoms with Crippen LogP contribution < -0.4 is 0 Å². The van der Waals surface area contributed by atoms with Crippen LogP contribution in [0, 0.1) is 0 Å². The lowest BCUT2D eigenvalue weighted by molar-refractivity contribution is -0.138. The van der Waals surface area contributed by atoms with Crippen LogP contribution in [0.25, 0.3) is 0 Å². The molecule has 0 aliphatic carbocycles. The molecule has 0 saturated carbocycles. The van der Waals surface area contributed by atoms with Gasteiger partial charge in [-0.3, -0.25) is 0 Å². The summed E-state index contributed by atoms with van der Waals surface area (Å²) in [7, 11) is 0.